The van der Waals surface area contributed by atoms with Gasteiger partial charge in [0.05, 0.1) is 33.5 Å². The summed E-state index contributed by atoms with van der Waals surface area (Å²) in [6, 6.07) is 78.0. The highest BCUT2D eigenvalue weighted by molar-refractivity contribution is 6.19. The maximum Gasteiger partial charge on any atom is 0.160 e. The monoisotopic (exact) mass is 764 g/mol. The molecule has 60 heavy (non-hydrogen) atoms. The number of hydrogen-bond acceptors (Lipinski definition) is 2. The van der Waals surface area contributed by atoms with Crippen LogP contribution in [-0.4, -0.2) is 19.1 Å². The second-order valence-electron chi connectivity index (χ2n) is 15.4. The van der Waals surface area contributed by atoms with Crippen molar-refractivity contribution in [3.05, 3.63) is 218 Å². The van der Waals surface area contributed by atoms with Gasteiger partial charge in [-0.2, -0.15) is 0 Å². The van der Waals surface area contributed by atoms with Crippen molar-refractivity contribution in [1.82, 2.24) is 19.1 Å². The molecule has 0 aliphatic carbocycles. The quantitative estimate of drug-likeness (QED) is 0.169. The Morgan fingerprint density at radius 3 is 1.43 bits per heavy atom. The minimum atomic E-state index is 0.705. The van der Waals surface area contributed by atoms with Crippen LogP contribution < -0.4 is 0 Å². The second-order valence-corrected chi connectivity index (χ2v) is 15.4. The van der Waals surface area contributed by atoms with Gasteiger partial charge in [-0.1, -0.05) is 152 Å². The Labute approximate surface area is 346 Å². The Balaban J connectivity index is 0.996. The van der Waals surface area contributed by atoms with E-state index in [1.54, 1.807) is 0 Å². The molecule has 3 aromatic heterocycles. The molecule has 0 fully saturated rings. The molecule has 0 saturated carbocycles. The molecular formula is C56H36N4. The Morgan fingerprint density at radius 1 is 0.267 bits per heavy atom. The van der Waals surface area contributed by atoms with Crippen molar-refractivity contribution in [2.75, 3.05) is 0 Å². The molecule has 12 rings (SSSR count). The van der Waals surface area contributed by atoms with E-state index in [0.29, 0.717) is 5.82 Å². The molecule has 0 saturated heterocycles. The molecule has 0 spiro atoms. The maximum absolute atomic E-state index is 5.16. The van der Waals surface area contributed by atoms with E-state index in [4.69, 9.17) is 9.97 Å². The summed E-state index contributed by atoms with van der Waals surface area (Å²) in [5.74, 6) is 0.705. The van der Waals surface area contributed by atoms with Gasteiger partial charge in [0.1, 0.15) is 0 Å². The Bertz CT molecular complexity index is 3580. The van der Waals surface area contributed by atoms with E-state index in [9.17, 15) is 0 Å². The number of aromatic nitrogens is 4. The fourth-order valence-electron chi connectivity index (χ4n) is 9.04. The lowest BCUT2D eigenvalue weighted by Crippen LogP contribution is -1.96. The van der Waals surface area contributed by atoms with Crippen LogP contribution in [0, 0.1) is 0 Å². The zero-order chi connectivity index (χ0) is 39.6. The van der Waals surface area contributed by atoms with E-state index >= 15 is 0 Å². The standard InChI is InChI=1S/C56H36N4/c1-4-15-37(16-5-1)39-19-14-20-42(31-39)50-36-51(58-56(57-50)38-17-6-2-7-18-38)43-28-27-41-33-45(30-29-40(41)32-43)60-53-26-13-11-24-47(53)49-34-54-48(35-55(49)60)46-23-10-12-25-52(46)59(54)44-21-8-3-9-22-44/h1-36H. The van der Waals surface area contributed by atoms with Crippen molar-refractivity contribution >= 4 is 54.4 Å². The summed E-state index contributed by atoms with van der Waals surface area (Å²) in [5.41, 5.74) is 14.3. The molecule has 0 aliphatic heterocycles. The molecule has 9 aromatic carbocycles. The fraction of sp³-hybridized carbons (Fsp3) is 0. The third-order valence-electron chi connectivity index (χ3n) is 11.9. The second kappa shape index (κ2) is 13.8. The minimum absolute atomic E-state index is 0.705. The van der Waals surface area contributed by atoms with Crippen molar-refractivity contribution in [3.63, 3.8) is 0 Å². The van der Waals surface area contributed by atoms with Crippen LogP contribution in [0.5, 0.6) is 0 Å². The average molecular weight is 765 g/mol. The smallest absolute Gasteiger partial charge is 0.160 e. The molecule has 12 aromatic rings. The zero-order valence-corrected chi connectivity index (χ0v) is 32.6. The first kappa shape index (κ1) is 34.0. The van der Waals surface area contributed by atoms with Crippen LogP contribution >= 0.6 is 0 Å². The highest BCUT2D eigenvalue weighted by Crippen LogP contribution is 2.40. The van der Waals surface area contributed by atoms with Gasteiger partial charge in [0.2, 0.25) is 0 Å². The van der Waals surface area contributed by atoms with Gasteiger partial charge in [0.15, 0.2) is 5.82 Å². The molecule has 0 radical (unpaired) electrons. The number of benzene rings is 9. The van der Waals surface area contributed by atoms with Crippen LogP contribution in [0.1, 0.15) is 0 Å². The van der Waals surface area contributed by atoms with Crippen molar-refractivity contribution in [2.24, 2.45) is 0 Å². The third-order valence-corrected chi connectivity index (χ3v) is 11.9. The van der Waals surface area contributed by atoms with Gasteiger partial charge in [0, 0.05) is 49.6 Å². The van der Waals surface area contributed by atoms with Gasteiger partial charge < -0.3 is 9.13 Å². The van der Waals surface area contributed by atoms with Crippen LogP contribution in [-0.2, 0) is 0 Å². The minimum Gasteiger partial charge on any atom is -0.309 e. The molecule has 0 atom stereocenters. The summed E-state index contributed by atoms with van der Waals surface area (Å²) in [6.45, 7) is 0. The highest BCUT2D eigenvalue weighted by atomic mass is 15.0. The fourth-order valence-corrected chi connectivity index (χ4v) is 9.04. The summed E-state index contributed by atoms with van der Waals surface area (Å²) >= 11 is 0. The van der Waals surface area contributed by atoms with Gasteiger partial charge in [0.25, 0.3) is 0 Å². The van der Waals surface area contributed by atoms with Crippen LogP contribution in [0.15, 0.2) is 218 Å². The van der Waals surface area contributed by atoms with Crippen molar-refractivity contribution in [3.8, 4) is 56.4 Å². The predicted molar refractivity (Wildman–Crippen MR) is 250 cm³/mol. The molecule has 4 nitrogen and oxygen atoms in total. The zero-order valence-electron chi connectivity index (χ0n) is 32.6. The molecular weight excluding hydrogens is 729 g/mol. The lowest BCUT2D eigenvalue weighted by atomic mass is 10.00. The highest BCUT2D eigenvalue weighted by Gasteiger charge is 2.19. The number of hydrogen-bond donors (Lipinski definition) is 0. The molecule has 0 unspecified atom stereocenters. The largest absolute Gasteiger partial charge is 0.309 e. The number of fused-ring (bicyclic) bond motifs is 7. The van der Waals surface area contributed by atoms with E-state index < -0.39 is 0 Å². The molecule has 280 valence electrons. The SMILES string of the molecule is c1ccc(-c2cccc(-c3cc(-c4ccc5cc(-n6c7ccccc7c7cc8c(cc76)c6ccccc6n8-c6ccccc6)ccc5c4)nc(-c4ccccc4)n3)c2)cc1. The van der Waals surface area contributed by atoms with Gasteiger partial charge in [-0.15, -0.1) is 0 Å². The first-order valence-corrected chi connectivity index (χ1v) is 20.4. The van der Waals surface area contributed by atoms with Crippen LogP contribution in [0.3, 0.4) is 0 Å². The Morgan fingerprint density at radius 2 is 0.767 bits per heavy atom. The first-order valence-electron chi connectivity index (χ1n) is 20.4. The summed E-state index contributed by atoms with van der Waals surface area (Å²) in [7, 11) is 0. The molecule has 0 amide bonds. The van der Waals surface area contributed by atoms with Crippen LogP contribution in [0.2, 0.25) is 0 Å². The Hall–Kier alpha value is -8.08. The third kappa shape index (κ3) is 5.61. The summed E-state index contributed by atoms with van der Waals surface area (Å²) in [6.07, 6.45) is 0. The number of para-hydroxylation sites is 3. The lowest BCUT2D eigenvalue weighted by Gasteiger charge is -2.12. The number of rotatable bonds is 6. The summed E-state index contributed by atoms with van der Waals surface area (Å²) in [5, 5.41) is 7.26. The van der Waals surface area contributed by atoms with Crippen molar-refractivity contribution in [1.29, 1.82) is 0 Å². The van der Waals surface area contributed by atoms with Crippen molar-refractivity contribution in [2.45, 2.75) is 0 Å². The van der Waals surface area contributed by atoms with E-state index in [0.717, 1.165) is 55.8 Å². The van der Waals surface area contributed by atoms with E-state index in [2.05, 4.69) is 209 Å². The predicted octanol–water partition coefficient (Wildman–Crippen LogP) is 14.5. The van der Waals surface area contributed by atoms with Gasteiger partial charge in [-0.3, -0.25) is 0 Å². The maximum atomic E-state index is 5.16. The molecule has 0 N–H and O–H groups in total. The van der Waals surface area contributed by atoms with Gasteiger partial charge in [-0.05, 0) is 88.6 Å². The first-order chi connectivity index (χ1) is 29.7. The van der Waals surface area contributed by atoms with Crippen molar-refractivity contribution < 1.29 is 0 Å². The summed E-state index contributed by atoms with van der Waals surface area (Å²) < 4.78 is 4.83. The van der Waals surface area contributed by atoms with E-state index in [1.165, 1.54) is 49.2 Å². The van der Waals surface area contributed by atoms with Crippen LogP contribution in [0.25, 0.3) is 111 Å². The van der Waals surface area contributed by atoms with Crippen LogP contribution in [0.4, 0.5) is 0 Å². The van der Waals surface area contributed by atoms with Gasteiger partial charge in [-0.25, -0.2) is 9.97 Å². The molecule has 0 aliphatic rings. The average Bonchev–Trinajstić information content (AvgIpc) is 3.83. The summed E-state index contributed by atoms with van der Waals surface area (Å²) in [4.78, 5) is 10.3. The number of nitrogens with zero attached hydrogens (tertiary/aromatic N) is 4. The normalized spacial score (nSPS) is 11.7. The molecule has 0 bridgehead atoms. The lowest BCUT2D eigenvalue weighted by molar-refractivity contribution is 1.18. The molecule has 4 heteroatoms. The van der Waals surface area contributed by atoms with Gasteiger partial charge >= 0.3 is 0 Å². The van der Waals surface area contributed by atoms with E-state index in [1.807, 2.05) is 18.2 Å². The molecule has 3 heterocycles. The van der Waals surface area contributed by atoms with E-state index in [-0.39, 0.29) is 0 Å². The topological polar surface area (TPSA) is 35.6 Å². The Kier molecular flexibility index (Phi) is 7.82.